The van der Waals surface area contributed by atoms with E-state index in [1.165, 1.54) is 0 Å². The molecule has 19 heavy (non-hydrogen) atoms. The molecule has 6 heteroatoms. The third-order valence-electron chi connectivity index (χ3n) is 3.19. The van der Waals surface area contributed by atoms with Gasteiger partial charge in [0.15, 0.2) is 0 Å². The first-order valence-electron chi connectivity index (χ1n) is 6.56. The summed E-state index contributed by atoms with van der Waals surface area (Å²) in [7, 11) is 0. The number of hydrogen-bond acceptors (Lipinski definition) is 4. The Hall–Kier alpha value is -1.14. The van der Waals surface area contributed by atoms with Gasteiger partial charge in [0.05, 0.1) is 25.8 Å². The maximum atomic E-state index is 12.2. The van der Waals surface area contributed by atoms with Gasteiger partial charge in [-0.15, -0.1) is 0 Å². The van der Waals surface area contributed by atoms with E-state index >= 15 is 0 Å². The average molecular weight is 272 g/mol. The second kappa shape index (κ2) is 6.34. The van der Waals surface area contributed by atoms with Crippen molar-refractivity contribution in [1.82, 2.24) is 9.80 Å². The molecule has 1 aliphatic heterocycles. The number of nitrogens with zero attached hydrogens (tertiary/aromatic N) is 2. The molecule has 0 bridgehead atoms. The minimum Gasteiger partial charge on any atom is -0.480 e. The van der Waals surface area contributed by atoms with Crippen LogP contribution in [0.3, 0.4) is 0 Å². The molecule has 1 fully saturated rings. The van der Waals surface area contributed by atoms with Crippen LogP contribution in [0.1, 0.15) is 27.7 Å². The van der Waals surface area contributed by atoms with Crippen molar-refractivity contribution in [2.24, 2.45) is 0 Å². The highest BCUT2D eigenvalue weighted by Gasteiger charge is 2.29. The van der Waals surface area contributed by atoms with Crippen LogP contribution in [0.5, 0.6) is 0 Å². The lowest BCUT2D eigenvalue weighted by atomic mass is 10.1. The summed E-state index contributed by atoms with van der Waals surface area (Å²) in [4.78, 5) is 26.5. The number of rotatable bonds is 4. The molecule has 1 atom stereocenters. The summed E-state index contributed by atoms with van der Waals surface area (Å²) in [5, 5.41) is 8.93. The van der Waals surface area contributed by atoms with Crippen LogP contribution in [0.2, 0.25) is 0 Å². The first-order valence-corrected chi connectivity index (χ1v) is 6.56. The predicted molar refractivity (Wildman–Crippen MR) is 71.0 cm³/mol. The molecule has 0 aromatic rings. The highest BCUT2D eigenvalue weighted by Crippen LogP contribution is 2.14. The van der Waals surface area contributed by atoms with Crippen molar-refractivity contribution in [3.8, 4) is 0 Å². The Labute approximate surface area is 114 Å². The summed E-state index contributed by atoms with van der Waals surface area (Å²) in [5.41, 5.74) is -0.355. The number of hydrogen-bond donors (Lipinski definition) is 1. The SMILES string of the molecule is CC1CN(C(=O)CN(CC(=O)O)C(C)(C)C)CCO1. The van der Waals surface area contributed by atoms with Gasteiger partial charge in [-0.2, -0.15) is 0 Å². The molecule has 0 spiro atoms. The fraction of sp³-hybridized carbons (Fsp3) is 0.846. The molecule has 0 radical (unpaired) electrons. The van der Waals surface area contributed by atoms with Gasteiger partial charge in [-0.05, 0) is 27.7 Å². The lowest BCUT2D eigenvalue weighted by Crippen LogP contribution is -2.53. The Balaban J connectivity index is 2.62. The zero-order chi connectivity index (χ0) is 14.6. The van der Waals surface area contributed by atoms with Crippen molar-refractivity contribution >= 4 is 11.9 Å². The quantitative estimate of drug-likeness (QED) is 0.803. The van der Waals surface area contributed by atoms with Crippen molar-refractivity contribution in [2.45, 2.75) is 39.3 Å². The highest BCUT2D eigenvalue weighted by molar-refractivity contribution is 5.79. The lowest BCUT2D eigenvalue weighted by molar-refractivity contribution is -0.144. The standard InChI is InChI=1S/C13H24N2O4/c1-10-7-14(5-6-19-10)11(16)8-15(9-12(17)18)13(2,3)4/h10H,5-9H2,1-4H3,(H,17,18). The second-order valence-electron chi connectivity index (χ2n) is 5.94. The molecule has 0 saturated carbocycles. The molecule has 6 nitrogen and oxygen atoms in total. The molecule has 110 valence electrons. The molecule has 0 aliphatic carbocycles. The molecule has 1 amide bonds. The molecule has 1 saturated heterocycles. The van der Waals surface area contributed by atoms with Crippen molar-refractivity contribution in [2.75, 3.05) is 32.8 Å². The number of amides is 1. The Morgan fingerprint density at radius 3 is 2.47 bits per heavy atom. The van der Waals surface area contributed by atoms with Gasteiger partial charge in [0, 0.05) is 18.6 Å². The van der Waals surface area contributed by atoms with E-state index in [4.69, 9.17) is 9.84 Å². The van der Waals surface area contributed by atoms with Crippen LogP contribution >= 0.6 is 0 Å². The molecule has 1 aliphatic rings. The summed E-state index contributed by atoms with van der Waals surface area (Å²) >= 11 is 0. The van der Waals surface area contributed by atoms with Gasteiger partial charge in [0.2, 0.25) is 5.91 Å². The smallest absolute Gasteiger partial charge is 0.317 e. The van der Waals surface area contributed by atoms with E-state index in [2.05, 4.69) is 0 Å². The van der Waals surface area contributed by atoms with E-state index in [-0.39, 0.29) is 30.6 Å². The number of morpholine rings is 1. The highest BCUT2D eigenvalue weighted by atomic mass is 16.5. The lowest BCUT2D eigenvalue weighted by Gasteiger charge is -2.37. The zero-order valence-electron chi connectivity index (χ0n) is 12.2. The third kappa shape index (κ3) is 5.16. The molecule has 1 rings (SSSR count). The van der Waals surface area contributed by atoms with E-state index in [0.29, 0.717) is 19.7 Å². The Morgan fingerprint density at radius 2 is 2.00 bits per heavy atom. The summed E-state index contributed by atoms with van der Waals surface area (Å²) in [5.74, 6) is -0.954. The number of carboxylic acid groups (broad SMARTS) is 1. The van der Waals surface area contributed by atoms with E-state index in [1.54, 1.807) is 9.80 Å². The monoisotopic (exact) mass is 272 g/mol. The number of aliphatic carboxylic acids is 1. The molecular weight excluding hydrogens is 248 g/mol. The van der Waals surface area contributed by atoms with Crippen molar-refractivity contribution < 1.29 is 19.4 Å². The van der Waals surface area contributed by atoms with Crippen molar-refractivity contribution in [1.29, 1.82) is 0 Å². The van der Waals surface area contributed by atoms with Crippen LogP contribution in [0.25, 0.3) is 0 Å². The van der Waals surface area contributed by atoms with E-state index in [9.17, 15) is 9.59 Å². The van der Waals surface area contributed by atoms with Crippen molar-refractivity contribution in [3.63, 3.8) is 0 Å². The molecule has 1 N–H and O–H groups in total. The van der Waals surface area contributed by atoms with E-state index < -0.39 is 5.97 Å². The van der Waals surface area contributed by atoms with Crippen LogP contribution in [0.15, 0.2) is 0 Å². The van der Waals surface area contributed by atoms with Gasteiger partial charge < -0.3 is 14.7 Å². The Bertz CT molecular complexity index is 338. The number of carbonyl (C=O) groups excluding carboxylic acids is 1. The van der Waals surface area contributed by atoms with Gasteiger partial charge in [-0.25, -0.2) is 0 Å². The maximum absolute atomic E-state index is 12.2. The average Bonchev–Trinajstić information content (AvgIpc) is 2.26. The first kappa shape index (κ1) is 15.9. The van der Waals surface area contributed by atoms with E-state index in [0.717, 1.165) is 0 Å². The molecule has 1 unspecified atom stereocenters. The predicted octanol–water partition coefficient (Wildman–Crippen LogP) is 0.419. The van der Waals surface area contributed by atoms with Crippen LogP contribution in [-0.2, 0) is 14.3 Å². The number of carbonyl (C=O) groups is 2. The van der Waals surface area contributed by atoms with Gasteiger partial charge in [0.1, 0.15) is 0 Å². The van der Waals surface area contributed by atoms with Crippen LogP contribution < -0.4 is 0 Å². The fourth-order valence-corrected chi connectivity index (χ4v) is 2.00. The molecule has 1 heterocycles. The van der Waals surface area contributed by atoms with Crippen molar-refractivity contribution in [3.05, 3.63) is 0 Å². The second-order valence-corrected chi connectivity index (χ2v) is 5.94. The van der Waals surface area contributed by atoms with Crippen LogP contribution in [-0.4, -0.2) is 71.2 Å². The first-order chi connectivity index (χ1) is 8.70. The number of carboxylic acids is 1. The normalized spacial score (nSPS) is 20.7. The topological polar surface area (TPSA) is 70.1 Å². The molecular formula is C13H24N2O4. The zero-order valence-corrected chi connectivity index (χ0v) is 12.2. The summed E-state index contributed by atoms with van der Waals surface area (Å²) < 4.78 is 5.39. The minimum atomic E-state index is -0.918. The summed E-state index contributed by atoms with van der Waals surface area (Å²) in [6, 6.07) is 0. The molecule has 0 aromatic heterocycles. The van der Waals surface area contributed by atoms with Gasteiger partial charge in [-0.3, -0.25) is 14.5 Å². The largest absolute Gasteiger partial charge is 0.480 e. The van der Waals surface area contributed by atoms with Crippen LogP contribution in [0.4, 0.5) is 0 Å². The van der Waals surface area contributed by atoms with Crippen LogP contribution in [0, 0.1) is 0 Å². The van der Waals surface area contributed by atoms with E-state index in [1.807, 2.05) is 27.7 Å². The fourth-order valence-electron chi connectivity index (χ4n) is 2.00. The van der Waals surface area contributed by atoms with Gasteiger partial charge in [0.25, 0.3) is 0 Å². The molecule has 0 aromatic carbocycles. The third-order valence-corrected chi connectivity index (χ3v) is 3.19. The van der Waals surface area contributed by atoms with Gasteiger partial charge >= 0.3 is 5.97 Å². The summed E-state index contributed by atoms with van der Waals surface area (Å²) in [6.45, 7) is 9.34. The Kier molecular flexibility index (Phi) is 5.31. The maximum Gasteiger partial charge on any atom is 0.317 e. The summed E-state index contributed by atoms with van der Waals surface area (Å²) in [6.07, 6.45) is 0.0419. The minimum absolute atomic E-state index is 0.0358. The Morgan fingerprint density at radius 1 is 1.37 bits per heavy atom. The number of ether oxygens (including phenoxy) is 1. The van der Waals surface area contributed by atoms with Gasteiger partial charge in [-0.1, -0.05) is 0 Å².